The van der Waals surface area contributed by atoms with E-state index in [-0.39, 0.29) is 0 Å². The Morgan fingerprint density at radius 3 is 2.89 bits per heavy atom. The van der Waals surface area contributed by atoms with E-state index < -0.39 is 15.2 Å². The van der Waals surface area contributed by atoms with E-state index in [9.17, 15) is 8.42 Å². The van der Waals surface area contributed by atoms with E-state index in [1.807, 2.05) is 0 Å². The predicted octanol–water partition coefficient (Wildman–Crippen LogP) is 2.54. The molecule has 0 amide bonds. The average molecular weight is 281 g/mol. The van der Waals surface area contributed by atoms with Gasteiger partial charge in [0.15, 0.2) is 5.37 Å². The van der Waals surface area contributed by atoms with Crippen molar-refractivity contribution in [2.75, 3.05) is 0 Å². The number of hydrogen-bond acceptors (Lipinski definition) is 3. The van der Waals surface area contributed by atoms with Crippen molar-refractivity contribution in [3.63, 3.8) is 0 Å². The van der Waals surface area contributed by atoms with Gasteiger partial charge in [-0.2, -0.15) is 0 Å². The van der Waals surface area contributed by atoms with Gasteiger partial charge in [0.05, 0.1) is 11.2 Å². The SMILES string of the molecule is O=S1(=O)c2ccc(Cl)cc2C=CC1n1ccnc1. The molecule has 0 radical (unpaired) electrons. The summed E-state index contributed by atoms with van der Waals surface area (Å²) in [6, 6.07) is 4.78. The first-order chi connectivity index (χ1) is 8.59. The van der Waals surface area contributed by atoms with Gasteiger partial charge in [0.25, 0.3) is 0 Å². The summed E-state index contributed by atoms with van der Waals surface area (Å²) in [5, 5.41) is -0.219. The first-order valence-electron chi connectivity index (χ1n) is 5.28. The molecule has 1 aliphatic rings. The van der Waals surface area contributed by atoms with Gasteiger partial charge in [-0.25, -0.2) is 13.4 Å². The second-order valence-corrected chi connectivity index (χ2v) is 6.44. The van der Waals surface area contributed by atoms with Crippen molar-refractivity contribution in [3.8, 4) is 0 Å². The third kappa shape index (κ3) is 1.67. The van der Waals surface area contributed by atoms with Gasteiger partial charge in [0, 0.05) is 17.4 Å². The topological polar surface area (TPSA) is 52.0 Å². The molecule has 4 nitrogen and oxygen atoms in total. The number of aromatic nitrogens is 2. The lowest BCUT2D eigenvalue weighted by Gasteiger charge is -2.21. The number of benzene rings is 1. The molecule has 0 bridgehead atoms. The number of hydrogen-bond donors (Lipinski definition) is 0. The largest absolute Gasteiger partial charge is 0.316 e. The van der Waals surface area contributed by atoms with Crippen LogP contribution in [0.1, 0.15) is 10.9 Å². The monoisotopic (exact) mass is 280 g/mol. The van der Waals surface area contributed by atoms with Gasteiger partial charge in [-0.05, 0) is 29.8 Å². The van der Waals surface area contributed by atoms with Crippen molar-refractivity contribution < 1.29 is 8.42 Å². The van der Waals surface area contributed by atoms with E-state index in [0.29, 0.717) is 15.5 Å². The Morgan fingerprint density at radius 1 is 1.33 bits per heavy atom. The fourth-order valence-electron chi connectivity index (χ4n) is 2.01. The van der Waals surface area contributed by atoms with Gasteiger partial charge in [0.1, 0.15) is 0 Å². The minimum absolute atomic E-state index is 0.299. The first kappa shape index (κ1) is 11.5. The third-order valence-corrected chi connectivity index (χ3v) is 5.11. The minimum atomic E-state index is -3.45. The summed E-state index contributed by atoms with van der Waals surface area (Å²) in [5.74, 6) is 0. The lowest BCUT2D eigenvalue weighted by molar-refractivity contribution is 0.570. The maximum atomic E-state index is 12.5. The molecule has 1 atom stereocenters. The van der Waals surface area contributed by atoms with Crippen LogP contribution in [-0.4, -0.2) is 18.0 Å². The molecule has 1 unspecified atom stereocenters. The molecule has 0 spiro atoms. The Hall–Kier alpha value is -1.59. The molecule has 3 rings (SSSR count). The highest BCUT2D eigenvalue weighted by Gasteiger charge is 2.31. The molecule has 0 N–H and O–H groups in total. The van der Waals surface area contributed by atoms with Crippen LogP contribution in [0.3, 0.4) is 0 Å². The second-order valence-electron chi connectivity index (χ2n) is 3.99. The Kier molecular flexibility index (Phi) is 2.53. The number of nitrogens with zero attached hydrogens (tertiary/aromatic N) is 2. The van der Waals surface area contributed by atoms with Crippen LogP contribution >= 0.6 is 11.6 Å². The van der Waals surface area contributed by atoms with Crippen LogP contribution in [0.2, 0.25) is 5.02 Å². The van der Waals surface area contributed by atoms with Crippen LogP contribution in [0.5, 0.6) is 0 Å². The van der Waals surface area contributed by atoms with Crippen molar-refractivity contribution in [1.29, 1.82) is 0 Å². The summed E-state index contributed by atoms with van der Waals surface area (Å²) in [5.41, 5.74) is 0.624. The number of halogens is 1. The summed E-state index contributed by atoms with van der Waals surface area (Å²) >= 11 is 5.86. The summed E-state index contributed by atoms with van der Waals surface area (Å²) in [7, 11) is -3.45. The Balaban J connectivity index is 2.20. The van der Waals surface area contributed by atoms with E-state index in [1.54, 1.807) is 47.3 Å². The molecular weight excluding hydrogens is 272 g/mol. The highest BCUT2D eigenvalue weighted by Crippen LogP contribution is 2.34. The fraction of sp³-hybridized carbons (Fsp3) is 0.0833. The zero-order valence-corrected chi connectivity index (χ0v) is 10.8. The van der Waals surface area contributed by atoms with Gasteiger partial charge in [-0.3, -0.25) is 0 Å². The standard InChI is InChI=1S/C12H9ClN2O2S/c13-10-2-3-11-9(7-10)1-4-12(18(11,16)17)15-6-5-14-8-15/h1-8,12H. The maximum absolute atomic E-state index is 12.5. The van der Waals surface area contributed by atoms with E-state index >= 15 is 0 Å². The Labute approximate surface area is 109 Å². The van der Waals surface area contributed by atoms with Gasteiger partial charge in [0.2, 0.25) is 9.84 Å². The third-order valence-electron chi connectivity index (χ3n) is 2.86. The molecule has 1 aromatic heterocycles. The molecule has 2 heterocycles. The van der Waals surface area contributed by atoms with Crippen molar-refractivity contribution >= 4 is 27.5 Å². The van der Waals surface area contributed by atoms with Gasteiger partial charge in [-0.1, -0.05) is 17.7 Å². The average Bonchev–Trinajstić information content (AvgIpc) is 2.81. The molecule has 0 saturated heterocycles. The molecule has 92 valence electrons. The van der Waals surface area contributed by atoms with Gasteiger partial charge < -0.3 is 4.57 Å². The number of imidazole rings is 1. The summed E-state index contributed by atoms with van der Waals surface area (Å²) < 4.78 is 26.5. The molecule has 2 aromatic rings. The summed E-state index contributed by atoms with van der Waals surface area (Å²) in [6.07, 6.45) is 8.09. The highest BCUT2D eigenvalue weighted by molar-refractivity contribution is 7.91. The van der Waals surface area contributed by atoms with Gasteiger partial charge in [-0.15, -0.1) is 0 Å². The molecular formula is C12H9ClN2O2S. The van der Waals surface area contributed by atoms with Crippen molar-refractivity contribution in [2.45, 2.75) is 10.3 Å². The highest BCUT2D eigenvalue weighted by atomic mass is 35.5. The van der Waals surface area contributed by atoms with E-state index in [0.717, 1.165) is 0 Å². The summed E-state index contributed by atoms with van der Waals surface area (Å²) in [4.78, 5) is 4.18. The molecule has 18 heavy (non-hydrogen) atoms. The fourth-order valence-corrected chi connectivity index (χ4v) is 3.89. The summed E-state index contributed by atoms with van der Waals surface area (Å²) in [6.45, 7) is 0. The Morgan fingerprint density at radius 2 is 2.17 bits per heavy atom. The normalized spacial score (nSPS) is 20.6. The number of rotatable bonds is 1. The molecule has 0 saturated carbocycles. The van der Waals surface area contributed by atoms with Crippen LogP contribution in [0.15, 0.2) is 47.9 Å². The van der Waals surface area contributed by atoms with Crippen LogP contribution < -0.4 is 0 Å². The maximum Gasteiger partial charge on any atom is 0.204 e. The smallest absolute Gasteiger partial charge is 0.204 e. The zero-order chi connectivity index (χ0) is 12.8. The molecule has 1 aromatic carbocycles. The second kappa shape index (κ2) is 3.96. The predicted molar refractivity (Wildman–Crippen MR) is 68.9 cm³/mol. The van der Waals surface area contributed by atoms with Crippen LogP contribution in [-0.2, 0) is 9.84 Å². The van der Waals surface area contributed by atoms with Crippen molar-refractivity contribution in [3.05, 3.63) is 53.6 Å². The molecule has 0 fully saturated rings. The van der Waals surface area contributed by atoms with E-state index in [4.69, 9.17) is 11.6 Å². The van der Waals surface area contributed by atoms with Gasteiger partial charge >= 0.3 is 0 Å². The van der Waals surface area contributed by atoms with Crippen LogP contribution in [0.4, 0.5) is 0 Å². The van der Waals surface area contributed by atoms with Crippen molar-refractivity contribution in [1.82, 2.24) is 9.55 Å². The van der Waals surface area contributed by atoms with Crippen LogP contribution in [0, 0.1) is 0 Å². The zero-order valence-electron chi connectivity index (χ0n) is 9.19. The quantitative estimate of drug-likeness (QED) is 0.807. The first-order valence-corrected chi connectivity index (χ1v) is 7.20. The van der Waals surface area contributed by atoms with Crippen molar-refractivity contribution in [2.24, 2.45) is 0 Å². The molecule has 0 aliphatic carbocycles. The van der Waals surface area contributed by atoms with E-state index in [2.05, 4.69) is 4.98 Å². The Bertz CT molecular complexity index is 721. The van der Waals surface area contributed by atoms with E-state index in [1.165, 1.54) is 6.33 Å². The lowest BCUT2D eigenvalue weighted by atomic mass is 10.2. The molecule has 6 heteroatoms. The number of fused-ring (bicyclic) bond motifs is 1. The van der Waals surface area contributed by atoms with Crippen LogP contribution in [0.25, 0.3) is 6.08 Å². The minimum Gasteiger partial charge on any atom is -0.316 e. The number of sulfone groups is 1. The molecule has 1 aliphatic heterocycles. The lowest BCUT2D eigenvalue weighted by Crippen LogP contribution is -2.20.